The molecule has 1 saturated heterocycles. The third kappa shape index (κ3) is 4.79. The maximum absolute atomic E-state index is 13.2. The summed E-state index contributed by atoms with van der Waals surface area (Å²) in [5.74, 6) is 0.429. The highest BCUT2D eigenvalue weighted by Crippen LogP contribution is 2.23. The molecule has 0 spiro atoms. The van der Waals surface area contributed by atoms with Gasteiger partial charge in [-0.1, -0.05) is 18.6 Å². The quantitative estimate of drug-likeness (QED) is 0.869. The molecule has 1 amide bonds. The van der Waals surface area contributed by atoms with E-state index in [2.05, 4.69) is 10.6 Å². The van der Waals surface area contributed by atoms with Crippen molar-refractivity contribution >= 4 is 11.6 Å². The Kier molecular flexibility index (Phi) is 5.66. The minimum Gasteiger partial charge on any atom is -0.489 e. The molecule has 0 radical (unpaired) electrons. The fourth-order valence-electron chi connectivity index (χ4n) is 2.96. The third-order valence-corrected chi connectivity index (χ3v) is 4.38. The van der Waals surface area contributed by atoms with E-state index in [9.17, 15) is 9.18 Å². The van der Waals surface area contributed by atoms with Crippen molar-refractivity contribution in [2.75, 3.05) is 11.9 Å². The first-order valence-electron chi connectivity index (χ1n) is 8.64. The van der Waals surface area contributed by atoms with Crippen LogP contribution in [0.2, 0.25) is 0 Å². The first-order valence-corrected chi connectivity index (χ1v) is 8.64. The Morgan fingerprint density at radius 1 is 1.28 bits per heavy atom. The minimum absolute atomic E-state index is 0.0104. The molecule has 2 aromatic rings. The van der Waals surface area contributed by atoms with Gasteiger partial charge in [0, 0.05) is 5.69 Å². The molecule has 1 fully saturated rings. The average Bonchev–Trinajstić information content (AvgIpc) is 2.63. The second kappa shape index (κ2) is 8.12. The van der Waals surface area contributed by atoms with Crippen molar-refractivity contribution in [2.24, 2.45) is 0 Å². The van der Waals surface area contributed by atoms with Crippen LogP contribution in [0.25, 0.3) is 0 Å². The summed E-state index contributed by atoms with van der Waals surface area (Å²) in [4.78, 5) is 12.3. The summed E-state index contributed by atoms with van der Waals surface area (Å²) in [6.45, 7) is 3.12. The van der Waals surface area contributed by atoms with Crippen molar-refractivity contribution in [3.63, 3.8) is 0 Å². The van der Waals surface area contributed by atoms with Gasteiger partial charge in [-0.3, -0.25) is 4.79 Å². The van der Waals surface area contributed by atoms with Gasteiger partial charge in [0.15, 0.2) is 0 Å². The van der Waals surface area contributed by atoms with Crippen LogP contribution in [-0.4, -0.2) is 18.5 Å². The van der Waals surface area contributed by atoms with Crippen LogP contribution in [0.5, 0.6) is 5.75 Å². The lowest BCUT2D eigenvalue weighted by molar-refractivity contribution is -0.118. The van der Waals surface area contributed by atoms with Crippen LogP contribution < -0.4 is 15.4 Å². The number of benzene rings is 2. The lowest BCUT2D eigenvalue weighted by Gasteiger charge is -2.23. The number of rotatable bonds is 5. The number of hydrogen-bond donors (Lipinski definition) is 2. The van der Waals surface area contributed by atoms with Gasteiger partial charge in [-0.25, -0.2) is 4.39 Å². The van der Waals surface area contributed by atoms with Crippen LogP contribution in [0.15, 0.2) is 42.5 Å². The summed E-state index contributed by atoms with van der Waals surface area (Å²) in [5.41, 5.74) is 2.50. The predicted molar refractivity (Wildman–Crippen MR) is 96.2 cm³/mol. The van der Waals surface area contributed by atoms with E-state index in [4.69, 9.17) is 4.74 Å². The molecule has 0 saturated carbocycles. The monoisotopic (exact) mass is 342 g/mol. The number of amides is 1. The molecule has 5 heteroatoms. The van der Waals surface area contributed by atoms with Gasteiger partial charge in [0.1, 0.15) is 18.2 Å². The maximum atomic E-state index is 13.2. The van der Waals surface area contributed by atoms with Gasteiger partial charge in [0.05, 0.1) is 6.04 Å². The van der Waals surface area contributed by atoms with Crippen LogP contribution in [0.3, 0.4) is 0 Å². The van der Waals surface area contributed by atoms with Gasteiger partial charge in [-0.05, 0) is 67.8 Å². The molecule has 2 N–H and O–H groups in total. The number of nitrogens with one attached hydrogen (secondary N) is 2. The molecule has 1 atom stereocenters. The second-order valence-electron chi connectivity index (χ2n) is 6.39. The Hall–Kier alpha value is -2.40. The fourth-order valence-corrected chi connectivity index (χ4v) is 2.96. The van der Waals surface area contributed by atoms with E-state index in [0.717, 1.165) is 42.6 Å². The first kappa shape index (κ1) is 17.4. The van der Waals surface area contributed by atoms with E-state index >= 15 is 0 Å². The SMILES string of the molecule is Cc1cc(OCc2cccc(F)c2)ccc1NC(=O)C1CCCCN1. The van der Waals surface area contributed by atoms with E-state index in [0.29, 0.717) is 12.4 Å². The Bertz CT molecular complexity index is 742. The molecule has 0 aromatic heterocycles. The molecule has 0 bridgehead atoms. The Morgan fingerprint density at radius 3 is 2.88 bits per heavy atom. The highest BCUT2D eigenvalue weighted by molar-refractivity contribution is 5.95. The number of carbonyl (C=O) groups is 1. The zero-order valence-corrected chi connectivity index (χ0v) is 14.3. The van der Waals surface area contributed by atoms with Crippen LogP contribution in [0.4, 0.5) is 10.1 Å². The van der Waals surface area contributed by atoms with Crippen molar-refractivity contribution in [1.82, 2.24) is 5.32 Å². The normalized spacial score (nSPS) is 17.1. The summed E-state index contributed by atoms with van der Waals surface area (Å²) in [6, 6.07) is 11.8. The van der Waals surface area contributed by atoms with Crippen molar-refractivity contribution in [1.29, 1.82) is 0 Å². The second-order valence-corrected chi connectivity index (χ2v) is 6.39. The van der Waals surface area contributed by atoms with Gasteiger partial charge in [0.25, 0.3) is 0 Å². The standard InChI is InChI=1S/C20H23FN2O2/c1-14-11-17(25-13-15-5-4-6-16(21)12-15)8-9-18(14)23-20(24)19-7-2-3-10-22-19/h4-6,8-9,11-12,19,22H,2-3,7,10,13H2,1H3,(H,23,24). The van der Waals surface area contributed by atoms with Crippen molar-refractivity contribution < 1.29 is 13.9 Å². The molecule has 25 heavy (non-hydrogen) atoms. The topological polar surface area (TPSA) is 50.4 Å². The zero-order valence-electron chi connectivity index (χ0n) is 14.3. The van der Waals surface area contributed by atoms with E-state index in [1.807, 2.05) is 31.2 Å². The summed E-state index contributed by atoms with van der Waals surface area (Å²) < 4.78 is 18.9. The van der Waals surface area contributed by atoms with Gasteiger partial charge in [-0.2, -0.15) is 0 Å². The highest BCUT2D eigenvalue weighted by Gasteiger charge is 2.20. The summed E-state index contributed by atoms with van der Waals surface area (Å²) in [7, 11) is 0. The van der Waals surface area contributed by atoms with Crippen molar-refractivity contribution in [3.8, 4) is 5.75 Å². The van der Waals surface area contributed by atoms with Crippen LogP contribution in [-0.2, 0) is 11.4 Å². The van der Waals surface area contributed by atoms with Gasteiger partial charge in [0.2, 0.25) is 5.91 Å². The molecule has 1 unspecified atom stereocenters. The molecule has 1 aliphatic rings. The molecule has 3 rings (SSSR count). The van der Waals surface area contributed by atoms with Crippen LogP contribution >= 0.6 is 0 Å². The van der Waals surface area contributed by atoms with Gasteiger partial charge in [-0.15, -0.1) is 0 Å². The molecule has 132 valence electrons. The third-order valence-electron chi connectivity index (χ3n) is 4.38. The number of carbonyl (C=O) groups excluding carboxylic acids is 1. The van der Waals surface area contributed by atoms with Crippen LogP contribution in [0, 0.1) is 12.7 Å². The van der Waals surface area contributed by atoms with Gasteiger partial charge < -0.3 is 15.4 Å². The van der Waals surface area contributed by atoms with Crippen molar-refractivity contribution in [3.05, 3.63) is 59.4 Å². The largest absolute Gasteiger partial charge is 0.489 e. The molecule has 1 aliphatic heterocycles. The van der Waals surface area contributed by atoms with Crippen LogP contribution in [0.1, 0.15) is 30.4 Å². The highest BCUT2D eigenvalue weighted by atomic mass is 19.1. The minimum atomic E-state index is -0.272. The number of halogens is 1. The molecular weight excluding hydrogens is 319 g/mol. The Balaban J connectivity index is 1.59. The van der Waals surface area contributed by atoms with E-state index in [1.54, 1.807) is 6.07 Å². The predicted octanol–water partition coefficient (Wildman–Crippen LogP) is 3.79. The summed E-state index contributed by atoms with van der Waals surface area (Å²) >= 11 is 0. The number of ether oxygens (including phenoxy) is 1. The van der Waals surface area contributed by atoms with E-state index < -0.39 is 0 Å². The van der Waals surface area contributed by atoms with E-state index in [1.165, 1.54) is 12.1 Å². The molecule has 0 aliphatic carbocycles. The van der Waals surface area contributed by atoms with E-state index in [-0.39, 0.29) is 17.8 Å². The summed E-state index contributed by atoms with van der Waals surface area (Å²) in [6.07, 6.45) is 3.08. The fraction of sp³-hybridized carbons (Fsp3) is 0.350. The first-order chi connectivity index (χ1) is 12.1. The Morgan fingerprint density at radius 2 is 2.16 bits per heavy atom. The maximum Gasteiger partial charge on any atom is 0.241 e. The number of hydrogen-bond acceptors (Lipinski definition) is 3. The Labute approximate surface area is 147 Å². The van der Waals surface area contributed by atoms with Crippen molar-refractivity contribution in [2.45, 2.75) is 38.8 Å². The smallest absolute Gasteiger partial charge is 0.241 e. The lowest BCUT2D eigenvalue weighted by Crippen LogP contribution is -2.43. The molecule has 4 nitrogen and oxygen atoms in total. The lowest BCUT2D eigenvalue weighted by atomic mass is 10.0. The summed E-state index contributed by atoms with van der Waals surface area (Å²) in [5, 5.41) is 6.23. The number of aryl methyl sites for hydroxylation is 1. The number of piperidine rings is 1. The van der Waals surface area contributed by atoms with Gasteiger partial charge >= 0.3 is 0 Å². The number of anilines is 1. The molecule has 1 heterocycles. The molecule has 2 aromatic carbocycles. The average molecular weight is 342 g/mol. The zero-order chi connectivity index (χ0) is 17.6. The molecular formula is C20H23FN2O2.